The zero-order chi connectivity index (χ0) is 20.6. The van der Waals surface area contributed by atoms with Gasteiger partial charge in [0.15, 0.2) is 0 Å². The Labute approximate surface area is 174 Å². The maximum absolute atomic E-state index is 12.4. The molecule has 3 heterocycles. The summed E-state index contributed by atoms with van der Waals surface area (Å²) in [4.78, 5) is 19.1. The fraction of sp³-hybridized carbons (Fsp3) is 0.565. The van der Waals surface area contributed by atoms with Crippen LogP contribution in [0.5, 0.6) is 0 Å². The van der Waals surface area contributed by atoms with Crippen LogP contribution in [0.15, 0.2) is 24.5 Å². The average molecular weight is 399 g/mol. The minimum atomic E-state index is -0.356. The van der Waals surface area contributed by atoms with Crippen LogP contribution in [-0.2, 0) is 17.7 Å². The Balaban J connectivity index is 1.91. The number of carbonyl (C=O) groups excluding carboxylic acids is 1. The summed E-state index contributed by atoms with van der Waals surface area (Å²) in [7, 11) is 0. The average Bonchev–Trinajstić information content (AvgIpc) is 3.02. The highest BCUT2D eigenvalue weighted by molar-refractivity contribution is 6.02. The van der Waals surface area contributed by atoms with E-state index in [0.29, 0.717) is 5.56 Å². The Bertz CT molecular complexity index is 795. The van der Waals surface area contributed by atoms with Gasteiger partial charge >= 0.3 is 0 Å². The number of primary amides is 1. The summed E-state index contributed by atoms with van der Waals surface area (Å²) in [5.41, 5.74) is 10.6. The Hall–Kier alpha value is -2.18. The molecule has 2 aromatic rings. The predicted molar refractivity (Wildman–Crippen MR) is 116 cm³/mol. The minimum absolute atomic E-state index is 0.356. The Morgan fingerprint density at radius 2 is 2.00 bits per heavy atom. The molecule has 158 valence electrons. The number of nitrogens with zero attached hydrogens (tertiary/aromatic N) is 3. The molecule has 1 amide bonds. The van der Waals surface area contributed by atoms with Gasteiger partial charge < -0.3 is 15.0 Å². The first-order valence-electron chi connectivity index (χ1n) is 10.9. The van der Waals surface area contributed by atoms with E-state index in [-0.39, 0.29) is 5.91 Å². The molecule has 1 saturated heterocycles. The molecule has 0 aliphatic carbocycles. The first kappa shape index (κ1) is 21.5. The zero-order valence-corrected chi connectivity index (χ0v) is 17.8. The molecule has 0 spiro atoms. The monoisotopic (exact) mass is 398 g/mol. The standard InChI is InChI=1S/C23H34N4O2/c1-3-4-5-9-20-22(19-8-6-10-25-17-19)21(23(24)28)18(2)27(20)12-7-11-26-13-15-29-16-14-26/h6,8,10,17H,3-5,7,9,11-16H2,1-2H3,(H2,24,28). The van der Waals surface area contributed by atoms with Crippen LogP contribution in [0.1, 0.15) is 54.4 Å². The van der Waals surface area contributed by atoms with Gasteiger partial charge in [-0.2, -0.15) is 0 Å². The van der Waals surface area contributed by atoms with Crippen molar-refractivity contribution in [3.8, 4) is 11.1 Å². The molecule has 1 fully saturated rings. The Kier molecular flexibility index (Phi) is 7.83. The third kappa shape index (κ3) is 5.25. The molecule has 0 saturated carbocycles. The van der Waals surface area contributed by atoms with Crippen LogP contribution in [0, 0.1) is 6.92 Å². The van der Waals surface area contributed by atoms with Crippen molar-refractivity contribution in [3.63, 3.8) is 0 Å². The normalized spacial score (nSPS) is 15.0. The molecule has 0 aromatic carbocycles. The molecule has 6 heteroatoms. The molecule has 6 nitrogen and oxygen atoms in total. The zero-order valence-electron chi connectivity index (χ0n) is 17.8. The van der Waals surface area contributed by atoms with E-state index >= 15 is 0 Å². The van der Waals surface area contributed by atoms with Crippen molar-refractivity contribution >= 4 is 5.91 Å². The third-order valence-electron chi connectivity index (χ3n) is 5.80. The fourth-order valence-electron chi connectivity index (χ4n) is 4.30. The van der Waals surface area contributed by atoms with Gasteiger partial charge in [-0.25, -0.2) is 0 Å². The Morgan fingerprint density at radius 3 is 2.66 bits per heavy atom. The highest BCUT2D eigenvalue weighted by atomic mass is 16.5. The second-order valence-corrected chi connectivity index (χ2v) is 7.80. The molecular weight excluding hydrogens is 364 g/mol. The highest BCUT2D eigenvalue weighted by Crippen LogP contribution is 2.33. The molecule has 1 aliphatic rings. The van der Waals surface area contributed by atoms with Crippen LogP contribution in [-0.4, -0.2) is 53.2 Å². The summed E-state index contributed by atoms with van der Waals surface area (Å²) in [6.45, 7) is 9.82. The Morgan fingerprint density at radius 1 is 1.21 bits per heavy atom. The van der Waals surface area contributed by atoms with Gasteiger partial charge in [-0.1, -0.05) is 25.8 Å². The van der Waals surface area contributed by atoms with E-state index in [2.05, 4.69) is 21.4 Å². The number of pyridine rings is 1. The summed E-state index contributed by atoms with van der Waals surface area (Å²) in [6.07, 6.45) is 9.04. The summed E-state index contributed by atoms with van der Waals surface area (Å²) in [5.74, 6) is -0.356. The van der Waals surface area contributed by atoms with Crippen LogP contribution >= 0.6 is 0 Å². The van der Waals surface area contributed by atoms with Gasteiger partial charge in [0, 0.05) is 61.1 Å². The number of morpholine rings is 1. The summed E-state index contributed by atoms with van der Waals surface area (Å²) >= 11 is 0. The number of nitrogens with two attached hydrogens (primary N) is 1. The fourth-order valence-corrected chi connectivity index (χ4v) is 4.30. The van der Waals surface area contributed by atoms with Gasteiger partial charge in [-0.3, -0.25) is 14.7 Å². The van der Waals surface area contributed by atoms with Crippen molar-refractivity contribution in [1.82, 2.24) is 14.5 Å². The van der Waals surface area contributed by atoms with E-state index in [1.54, 1.807) is 6.20 Å². The molecule has 2 N–H and O–H groups in total. The van der Waals surface area contributed by atoms with Crippen molar-refractivity contribution in [2.75, 3.05) is 32.8 Å². The summed E-state index contributed by atoms with van der Waals surface area (Å²) < 4.78 is 7.78. The molecule has 0 bridgehead atoms. The molecule has 29 heavy (non-hydrogen) atoms. The van der Waals surface area contributed by atoms with Gasteiger partial charge in [-0.15, -0.1) is 0 Å². The number of amides is 1. The number of rotatable bonds is 10. The lowest BCUT2D eigenvalue weighted by molar-refractivity contribution is 0.0369. The number of aromatic nitrogens is 2. The van der Waals surface area contributed by atoms with Crippen molar-refractivity contribution in [1.29, 1.82) is 0 Å². The van der Waals surface area contributed by atoms with Crippen LogP contribution in [0.25, 0.3) is 11.1 Å². The minimum Gasteiger partial charge on any atom is -0.379 e. The maximum atomic E-state index is 12.4. The van der Waals surface area contributed by atoms with Gasteiger partial charge in [0.25, 0.3) is 5.91 Å². The van der Waals surface area contributed by atoms with Gasteiger partial charge in [0.05, 0.1) is 18.8 Å². The van der Waals surface area contributed by atoms with Gasteiger partial charge in [0.2, 0.25) is 0 Å². The molecule has 3 rings (SSSR count). The molecule has 0 radical (unpaired) electrons. The van der Waals surface area contributed by atoms with E-state index in [9.17, 15) is 4.79 Å². The first-order valence-corrected chi connectivity index (χ1v) is 10.9. The largest absolute Gasteiger partial charge is 0.379 e. The third-order valence-corrected chi connectivity index (χ3v) is 5.80. The van der Waals surface area contributed by atoms with Crippen LogP contribution in [0.4, 0.5) is 0 Å². The summed E-state index contributed by atoms with van der Waals surface area (Å²) in [5, 5.41) is 0. The van der Waals surface area contributed by atoms with E-state index in [0.717, 1.165) is 75.5 Å². The number of unbranched alkanes of at least 4 members (excludes halogenated alkanes) is 2. The van der Waals surface area contributed by atoms with Crippen molar-refractivity contribution < 1.29 is 9.53 Å². The van der Waals surface area contributed by atoms with Crippen LogP contribution in [0.3, 0.4) is 0 Å². The SMILES string of the molecule is CCCCCc1c(-c2cccnc2)c(C(N)=O)c(C)n1CCCN1CCOCC1. The number of carbonyl (C=O) groups is 1. The molecule has 1 aliphatic heterocycles. The van der Waals surface area contributed by atoms with Crippen LogP contribution in [0.2, 0.25) is 0 Å². The van der Waals surface area contributed by atoms with Crippen molar-refractivity contribution in [2.45, 2.75) is 52.5 Å². The smallest absolute Gasteiger partial charge is 0.251 e. The molecule has 0 unspecified atom stereocenters. The van der Waals surface area contributed by atoms with Crippen molar-refractivity contribution in [3.05, 3.63) is 41.5 Å². The van der Waals surface area contributed by atoms with E-state index in [1.807, 2.05) is 25.3 Å². The van der Waals surface area contributed by atoms with Gasteiger partial charge in [0.1, 0.15) is 0 Å². The topological polar surface area (TPSA) is 73.4 Å². The lowest BCUT2D eigenvalue weighted by Crippen LogP contribution is -2.37. The van der Waals surface area contributed by atoms with E-state index < -0.39 is 0 Å². The van der Waals surface area contributed by atoms with Crippen molar-refractivity contribution in [2.24, 2.45) is 5.73 Å². The maximum Gasteiger partial charge on any atom is 0.251 e. The van der Waals surface area contributed by atoms with Crippen LogP contribution < -0.4 is 5.73 Å². The quantitative estimate of drug-likeness (QED) is 0.623. The molecule has 0 atom stereocenters. The number of hydrogen-bond acceptors (Lipinski definition) is 4. The number of hydrogen-bond donors (Lipinski definition) is 1. The van der Waals surface area contributed by atoms with E-state index in [4.69, 9.17) is 10.5 Å². The van der Waals surface area contributed by atoms with E-state index in [1.165, 1.54) is 18.5 Å². The highest BCUT2D eigenvalue weighted by Gasteiger charge is 2.24. The van der Waals surface area contributed by atoms with Gasteiger partial charge in [-0.05, 0) is 32.3 Å². The first-order chi connectivity index (χ1) is 14.1. The second-order valence-electron chi connectivity index (χ2n) is 7.80. The molecule has 2 aromatic heterocycles. The predicted octanol–water partition coefficient (Wildman–Crippen LogP) is 3.41. The molecular formula is C23H34N4O2. The lowest BCUT2D eigenvalue weighted by Gasteiger charge is -2.26. The lowest BCUT2D eigenvalue weighted by atomic mass is 9.98. The summed E-state index contributed by atoms with van der Waals surface area (Å²) in [6, 6.07) is 3.94. The second kappa shape index (κ2) is 10.6. The number of ether oxygens (including phenoxy) is 1.